The van der Waals surface area contributed by atoms with Crippen LogP contribution in [0.4, 0.5) is 11.4 Å². The van der Waals surface area contributed by atoms with Crippen LogP contribution in [0.15, 0.2) is 48.5 Å². The van der Waals surface area contributed by atoms with Gasteiger partial charge in [0.1, 0.15) is 11.5 Å². The van der Waals surface area contributed by atoms with Crippen LogP contribution in [0.1, 0.15) is 12.8 Å². The molecule has 9 heteroatoms. The van der Waals surface area contributed by atoms with Crippen LogP contribution >= 0.6 is 48.0 Å². The van der Waals surface area contributed by atoms with Gasteiger partial charge in [0.15, 0.2) is 10.2 Å². The zero-order valence-electron chi connectivity index (χ0n) is 17.9. The highest BCUT2D eigenvalue weighted by Crippen LogP contribution is 2.24. The molecule has 0 bridgehead atoms. The van der Waals surface area contributed by atoms with Gasteiger partial charge in [0.25, 0.3) is 0 Å². The van der Waals surface area contributed by atoms with Gasteiger partial charge in [-0.3, -0.25) is 0 Å². The van der Waals surface area contributed by atoms with Crippen molar-refractivity contribution in [2.75, 3.05) is 47.7 Å². The van der Waals surface area contributed by atoms with Crippen LogP contribution in [0.25, 0.3) is 0 Å². The van der Waals surface area contributed by atoms with E-state index in [9.17, 15) is 0 Å². The Morgan fingerprint density at radius 1 is 0.710 bits per heavy atom. The highest BCUT2D eigenvalue weighted by molar-refractivity contribution is 7.98. The Morgan fingerprint density at radius 3 is 1.45 bits per heavy atom. The Balaban J connectivity index is 1.76. The van der Waals surface area contributed by atoms with Gasteiger partial charge in [-0.15, -0.1) is 0 Å². The summed E-state index contributed by atoms with van der Waals surface area (Å²) < 4.78 is 5.92. The smallest absolute Gasteiger partial charge is 0.170 e. The summed E-state index contributed by atoms with van der Waals surface area (Å²) in [5.74, 6) is 3.77. The number of nitrogens with one attached hydrogen (secondary N) is 4. The molecule has 2 rings (SSSR count). The van der Waals surface area contributed by atoms with Gasteiger partial charge in [0.2, 0.25) is 0 Å². The molecule has 0 aliphatic rings. The number of anilines is 2. The fourth-order valence-electron chi connectivity index (χ4n) is 2.54. The molecule has 0 saturated heterocycles. The van der Waals surface area contributed by atoms with Crippen LogP contribution in [0.3, 0.4) is 0 Å². The minimum absolute atomic E-state index is 0.634. The average molecular weight is 495 g/mol. The molecule has 4 N–H and O–H groups in total. The summed E-state index contributed by atoms with van der Waals surface area (Å²) in [5.41, 5.74) is 1.85. The lowest BCUT2D eigenvalue weighted by Crippen LogP contribution is -2.29. The molecular weight excluding hydrogens is 465 g/mol. The molecule has 0 spiro atoms. The maximum absolute atomic E-state index is 5.92. The van der Waals surface area contributed by atoms with Crippen LogP contribution < -0.4 is 26.0 Å². The largest absolute Gasteiger partial charge is 0.457 e. The van der Waals surface area contributed by atoms with Gasteiger partial charge in [-0.2, -0.15) is 23.5 Å². The molecule has 5 nitrogen and oxygen atoms in total. The van der Waals surface area contributed by atoms with E-state index in [-0.39, 0.29) is 0 Å². The van der Waals surface area contributed by atoms with E-state index in [1.807, 2.05) is 72.1 Å². The monoisotopic (exact) mass is 494 g/mol. The van der Waals surface area contributed by atoms with Crippen molar-refractivity contribution in [1.82, 2.24) is 10.6 Å². The molecule has 0 amide bonds. The quantitative estimate of drug-likeness (QED) is 0.224. The summed E-state index contributed by atoms with van der Waals surface area (Å²) in [6, 6.07) is 15.4. The third-order valence-corrected chi connectivity index (χ3v) is 5.97. The topological polar surface area (TPSA) is 57.4 Å². The van der Waals surface area contributed by atoms with E-state index in [4.69, 9.17) is 29.2 Å². The fraction of sp³-hybridized carbons (Fsp3) is 0.364. The van der Waals surface area contributed by atoms with Gasteiger partial charge in [-0.05, 0) is 110 Å². The Kier molecular flexibility index (Phi) is 12.5. The normalized spacial score (nSPS) is 10.3. The molecule has 2 aromatic rings. The van der Waals surface area contributed by atoms with Crippen molar-refractivity contribution in [1.29, 1.82) is 0 Å². The maximum atomic E-state index is 5.92. The van der Waals surface area contributed by atoms with E-state index in [0.717, 1.165) is 60.3 Å². The first-order valence-electron chi connectivity index (χ1n) is 10.1. The number of ether oxygens (including phenoxy) is 1. The molecule has 31 heavy (non-hydrogen) atoms. The predicted octanol–water partition coefficient (Wildman–Crippen LogP) is 5.56. The lowest BCUT2D eigenvalue weighted by Gasteiger charge is -2.12. The van der Waals surface area contributed by atoms with E-state index in [1.54, 1.807) is 0 Å². The predicted molar refractivity (Wildman–Crippen MR) is 147 cm³/mol. The van der Waals surface area contributed by atoms with Crippen molar-refractivity contribution in [3.05, 3.63) is 48.5 Å². The Bertz CT molecular complexity index is 733. The summed E-state index contributed by atoms with van der Waals surface area (Å²) >= 11 is 14.3. The minimum atomic E-state index is 0.634. The second kappa shape index (κ2) is 15.2. The number of benzene rings is 2. The van der Waals surface area contributed by atoms with Crippen molar-refractivity contribution >= 4 is 69.6 Å². The summed E-state index contributed by atoms with van der Waals surface area (Å²) in [4.78, 5) is 0. The van der Waals surface area contributed by atoms with Crippen molar-refractivity contribution in [3.8, 4) is 11.5 Å². The molecule has 2 aromatic carbocycles. The van der Waals surface area contributed by atoms with E-state index < -0.39 is 0 Å². The van der Waals surface area contributed by atoms with E-state index in [2.05, 4.69) is 33.8 Å². The van der Waals surface area contributed by atoms with E-state index >= 15 is 0 Å². The maximum Gasteiger partial charge on any atom is 0.170 e. The van der Waals surface area contributed by atoms with Gasteiger partial charge in [0, 0.05) is 24.5 Å². The second-order valence-corrected chi connectivity index (χ2v) is 9.39. The molecule has 0 unspecified atom stereocenters. The highest BCUT2D eigenvalue weighted by Gasteiger charge is 2.02. The Morgan fingerprint density at radius 2 is 1.10 bits per heavy atom. The lowest BCUT2D eigenvalue weighted by atomic mass is 10.3. The second-order valence-electron chi connectivity index (χ2n) is 6.61. The molecular formula is C22H30N4OS4. The Labute approximate surface area is 204 Å². The van der Waals surface area contributed by atoms with Gasteiger partial charge in [0.05, 0.1) is 0 Å². The van der Waals surface area contributed by atoms with Gasteiger partial charge < -0.3 is 26.0 Å². The van der Waals surface area contributed by atoms with Crippen LogP contribution in [0, 0.1) is 0 Å². The molecule has 0 aliphatic heterocycles. The molecule has 0 heterocycles. The zero-order chi connectivity index (χ0) is 22.3. The third-order valence-electron chi connectivity index (χ3n) is 4.08. The fourth-order valence-corrected chi connectivity index (χ4v) is 3.84. The first kappa shape index (κ1) is 25.6. The number of thioether (sulfide) groups is 2. The van der Waals surface area contributed by atoms with E-state index in [0.29, 0.717) is 10.2 Å². The highest BCUT2D eigenvalue weighted by atomic mass is 32.2. The van der Waals surface area contributed by atoms with Crippen LogP contribution in [0.2, 0.25) is 0 Å². The minimum Gasteiger partial charge on any atom is -0.457 e. The number of hydrogen-bond donors (Lipinski definition) is 4. The van der Waals surface area contributed by atoms with E-state index in [1.165, 1.54) is 0 Å². The summed E-state index contributed by atoms with van der Waals surface area (Å²) in [7, 11) is 0. The standard InChI is InChI=1S/C22H30N4OS4/c1-30-15-3-13-23-21(28)25-17-5-9-19(10-6-17)27-20-11-7-18(8-12-20)26-22(29)24-14-4-16-31-2/h5-12H,3-4,13-16H2,1-2H3,(H2,23,25,28)(H2,24,26,29). The summed E-state index contributed by atoms with van der Waals surface area (Å²) in [6.45, 7) is 1.75. The van der Waals surface area contributed by atoms with Gasteiger partial charge >= 0.3 is 0 Å². The SMILES string of the molecule is CSCCCNC(=S)Nc1ccc(Oc2ccc(NC(=S)NCCCSC)cc2)cc1. The molecule has 0 radical (unpaired) electrons. The first-order chi connectivity index (χ1) is 15.1. The van der Waals surface area contributed by atoms with Crippen LogP contribution in [-0.4, -0.2) is 47.3 Å². The average Bonchev–Trinajstić information content (AvgIpc) is 2.77. The van der Waals surface area contributed by atoms with Gasteiger partial charge in [-0.25, -0.2) is 0 Å². The number of hydrogen-bond acceptors (Lipinski definition) is 5. The zero-order valence-corrected chi connectivity index (χ0v) is 21.2. The Hall–Kier alpha value is -1.68. The van der Waals surface area contributed by atoms with Crippen molar-refractivity contribution < 1.29 is 4.74 Å². The summed E-state index contributed by atoms with van der Waals surface area (Å²) in [6.07, 6.45) is 6.39. The first-order valence-corrected chi connectivity index (χ1v) is 13.7. The molecule has 0 saturated carbocycles. The number of rotatable bonds is 12. The van der Waals surface area contributed by atoms with Crippen LogP contribution in [0.5, 0.6) is 11.5 Å². The third kappa shape index (κ3) is 11.0. The molecule has 0 aromatic heterocycles. The molecule has 0 atom stereocenters. The summed E-state index contributed by atoms with van der Waals surface area (Å²) in [5, 5.41) is 14.1. The molecule has 168 valence electrons. The van der Waals surface area contributed by atoms with Crippen LogP contribution in [-0.2, 0) is 0 Å². The number of thiocarbonyl (C=S) groups is 2. The molecule has 0 aliphatic carbocycles. The van der Waals surface area contributed by atoms with Crippen molar-refractivity contribution in [2.24, 2.45) is 0 Å². The van der Waals surface area contributed by atoms with Gasteiger partial charge in [-0.1, -0.05) is 0 Å². The van der Waals surface area contributed by atoms with Crippen molar-refractivity contribution in [2.45, 2.75) is 12.8 Å². The van der Waals surface area contributed by atoms with Crippen molar-refractivity contribution in [3.63, 3.8) is 0 Å². The lowest BCUT2D eigenvalue weighted by molar-refractivity contribution is 0.483. The molecule has 0 fully saturated rings.